The fourth-order valence-corrected chi connectivity index (χ4v) is 2.09. The molecule has 0 amide bonds. The molecular weight excluding hydrogens is 290 g/mol. The van der Waals surface area contributed by atoms with Gasteiger partial charge in [0.15, 0.2) is 5.78 Å². The molecular formula is C16H24ClNO3. The van der Waals surface area contributed by atoms with Gasteiger partial charge in [-0.05, 0) is 26.0 Å². The first-order chi connectivity index (χ1) is 10.2. The minimum atomic E-state index is 0.0606. The van der Waals surface area contributed by atoms with Crippen molar-refractivity contribution in [3.63, 3.8) is 0 Å². The molecule has 0 atom stereocenters. The Labute approximate surface area is 132 Å². The second kappa shape index (κ2) is 10.7. The first-order valence-corrected chi connectivity index (χ1v) is 7.71. The maximum Gasteiger partial charge on any atom is 0.176 e. The Morgan fingerprint density at radius 1 is 1.14 bits per heavy atom. The average molecular weight is 314 g/mol. The molecule has 0 unspecified atom stereocenters. The van der Waals surface area contributed by atoms with Gasteiger partial charge >= 0.3 is 0 Å². The predicted octanol–water partition coefficient (Wildman–Crippen LogP) is 2.90. The summed E-state index contributed by atoms with van der Waals surface area (Å²) in [5.74, 6) is 0.0606. The van der Waals surface area contributed by atoms with Crippen molar-refractivity contribution in [1.29, 1.82) is 0 Å². The van der Waals surface area contributed by atoms with Crippen LogP contribution in [0.15, 0.2) is 24.3 Å². The van der Waals surface area contributed by atoms with Gasteiger partial charge in [0.2, 0.25) is 0 Å². The first-order valence-electron chi connectivity index (χ1n) is 7.34. The van der Waals surface area contributed by atoms with Gasteiger partial charge in [0.25, 0.3) is 0 Å². The Hall–Kier alpha value is -0.940. The number of carbonyl (C=O) groups excluding carboxylic acids is 1. The topological polar surface area (TPSA) is 38.8 Å². The van der Waals surface area contributed by atoms with Crippen molar-refractivity contribution in [1.82, 2.24) is 4.90 Å². The summed E-state index contributed by atoms with van der Waals surface area (Å²) in [6.07, 6.45) is 0. The van der Waals surface area contributed by atoms with Crippen LogP contribution in [0, 0.1) is 0 Å². The Bertz CT molecular complexity index is 416. The number of carbonyl (C=O) groups is 1. The molecule has 5 heteroatoms. The van der Waals surface area contributed by atoms with E-state index in [9.17, 15) is 4.79 Å². The van der Waals surface area contributed by atoms with Crippen LogP contribution in [0.25, 0.3) is 0 Å². The fraction of sp³-hybridized carbons (Fsp3) is 0.562. The minimum absolute atomic E-state index is 0.0606. The van der Waals surface area contributed by atoms with Gasteiger partial charge in [0.1, 0.15) is 0 Å². The molecule has 0 saturated carbocycles. The largest absolute Gasteiger partial charge is 0.380 e. The zero-order chi connectivity index (χ0) is 15.5. The Balaban J connectivity index is 2.54. The second-order valence-electron chi connectivity index (χ2n) is 4.60. The lowest BCUT2D eigenvalue weighted by molar-refractivity contribution is 0.0725. The highest BCUT2D eigenvalue weighted by molar-refractivity contribution is 6.31. The van der Waals surface area contributed by atoms with Gasteiger partial charge in [-0.1, -0.05) is 23.7 Å². The third kappa shape index (κ3) is 7.58. The number of benzene rings is 1. The smallest absolute Gasteiger partial charge is 0.176 e. The van der Waals surface area contributed by atoms with E-state index in [0.717, 1.165) is 0 Å². The zero-order valence-electron chi connectivity index (χ0n) is 12.8. The van der Waals surface area contributed by atoms with Crippen LogP contribution in [0.1, 0.15) is 24.2 Å². The summed E-state index contributed by atoms with van der Waals surface area (Å²) < 4.78 is 10.7. The third-order valence-corrected chi connectivity index (χ3v) is 3.26. The maximum absolute atomic E-state index is 12.3. The summed E-state index contributed by atoms with van der Waals surface area (Å²) in [4.78, 5) is 14.3. The molecule has 0 bridgehead atoms. The van der Waals surface area contributed by atoms with E-state index in [1.807, 2.05) is 13.8 Å². The molecule has 0 aliphatic carbocycles. The summed E-state index contributed by atoms with van der Waals surface area (Å²) in [7, 11) is 0. The van der Waals surface area contributed by atoms with E-state index in [1.165, 1.54) is 0 Å². The molecule has 0 aromatic heterocycles. The number of hydrogen-bond acceptors (Lipinski definition) is 4. The van der Waals surface area contributed by atoms with Gasteiger partial charge in [0.05, 0.1) is 19.8 Å². The molecule has 0 radical (unpaired) electrons. The lowest BCUT2D eigenvalue weighted by Gasteiger charge is -2.21. The Kier molecular flexibility index (Phi) is 9.26. The monoisotopic (exact) mass is 313 g/mol. The molecule has 1 aromatic carbocycles. The number of ether oxygens (including phenoxy) is 2. The normalized spacial score (nSPS) is 11.0. The van der Waals surface area contributed by atoms with Crippen LogP contribution < -0.4 is 0 Å². The molecule has 4 nitrogen and oxygen atoms in total. The van der Waals surface area contributed by atoms with Crippen molar-refractivity contribution >= 4 is 17.4 Å². The molecule has 0 heterocycles. The second-order valence-corrected chi connectivity index (χ2v) is 5.04. The van der Waals surface area contributed by atoms with Crippen LogP contribution in [-0.2, 0) is 9.47 Å². The molecule has 118 valence electrons. The number of hydrogen-bond donors (Lipinski definition) is 0. The van der Waals surface area contributed by atoms with Crippen LogP contribution in [0.3, 0.4) is 0 Å². The van der Waals surface area contributed by atoms with E-state index in [4.69, 9.17) is 21.1 Å². The van der Waals surface area contributed by atoms with Crippen molar-refractivity contribution in [2.75, 3.05) is 46.1 Å². The highest BCUT2D eigenvalue weighted by Crippen LogP contribution is 2.11. The zero-order valence-corrected chi connectivity index (χ0v) is 13.6. The quantitative estimate of drug-likeness (QED) is 0.465. The highest BCUT2D eigenvalue weighted by Gasteiger charge is 2.13. The van der Waals surface area contributed by atoms with Crippen molar-refractivity contribution in [3.8, 4) is 0 Å². The number of Topliss-reactive ketones (excluding diaryl/α,β-unsaturated/α-hetero) is 1. The van der Waals surface area contributed by atoms with Crippen LogP contribution in [0.4, 0.5) is 0 Å². The van der Waals surface area contributed by atoms with E-state index in [2.05, 4.69) is 4.90 Å². The first kappa shape index (κ1) is 18.1. The van der Waals surface area contributed by atoms with Crippen molar-refractivity contribution in [3.05, 3.63) is 34.9 Å². The number of nitrogens with zero attached hydrogens (tertiary/aromatic N) is 1. The number of halogens is 1. The fourth-order valence-electron chi connectivity index (χ4n) is 1.90. The van der Waals surface area contributed by atoms with Crippen molar-refractivity contribution in [2.45, 2.75) is 13.8 Å². The molecule has 0 saturated heterocycles. The maximum atomic E-state index is 12.3. The Morgan fingerprint density at radius 2 is 1.76 bits per heavy atom. The molecule has 0 spiro atoms. The lowest BCUT2D eigenvalue weighted by atomic mass is 10.1. The van der Waals surface area contributed by atoms with Crippen LogP contribution in [0.5, 0.6) is 0 Å². The summed E-state index contributed by atoms with van der Waals surface area (Å²) in [6, 6.07) is 7.05. The van der Waals surface area contributed by atoms with E-state index < -0.39 is 0 Å². The number of rotatable bonds is 11. The van der Waals surface area contributed by atoms with E-state index in [0.29, 0.717) is 56.6 Å². The minimum Gasteiger partial charge on any atom is -0.380 e. The van der Waals surface area contributed by atoms with E-state index in [1.54, 1.807) is 24.3 Å². The SMILES string of the molecule is CCOCCN(CCOCC)CC(=O)c1cccc(Cl)c1. The van der Waals surface area contributed by atoms with Gasteiger partial charge in [-0.15, -0.1) is 0 Å². The highest BCUT2D eigenvalue weighted by atomic mass is 35.5. The lowest BCUT2D eigenvalue weighted by Crippen LogP contribution is -2.35. The molecule has 1 aromatic rings. The van der Waals surface area contributed by atoms with Gasteiger partial charge in [-0.25, -0.2) is 0 Å². The molecule has 0 fully saturated rings. The van der Waals surface area contributed by atoms with Crippen molar-refractivity contribution in [2.24, 2.45) is 0 Å². The van der Waals surface area contributed by atoms with Gasteiger partial charge < -0.3 is 9.47 Å². The molecule has 0 aliphatic heterocycles. The molecule has 0 aliphatic rings. The van der Waals surface area contributed by atoms with Crippen LogP contribution >= 0.6 is 11.6 Å². The van der Waals surface area contributed by atoms with E-state index >= 15 is 0 Å². The third-order valence-electron chi connectivity index (χ3n) is 3.03. The molecule has 1 rings (SSSR count). The standard InChI is InChI=1S/C16H24ClNO3/c1-3-20-10-8-18(9-11-21-4-2)13-16(19)14-6-5-7-15(17)12-14/h5-7,12H,3-4,8-11,13H2,1-2H3. The number of ketones is 1. The summed E-state index contributed by atoms with van der Waals surface area (Å²) >= 11 is 5.92. The molecule has 21 heavy (non-hydrogen) atoms. The van der Waals surface area contributed by atoms with Gasteiger partial charge in [-0.3, -0.25) is 9.69 Å². The Morgan fingerprint density at radius 3 is 2.29 bits per heavy atom. The van der Waals surface area contributed by atoms with Gasteiger partial charge in [-0.2, -0.15) is 0 Å². The van der Waals surface area contributed by atoms with Crippen molar-refractivity contribution < 1.29 is 14.3 Å². The summed E-state index contributed by atoms with van der Waals surface area (Å²) in [6.45, 7) is 8.30. The molecule has 0 N–H and O–H groups in total. The summed E-state index contributed by atoms with van der Waals surface area (Å²) in [5.41, 5.74) is 0.639. The van der Waals surface area contributed by atoms with Crippen LogP contribution in [-0.4, -0.2) is 56.7 Å². The summed E-state index contributed by atoms with van der Waals surface area (Å²) in [5, 5.41) is 0.580. The van der Waals surface area contributed by atoms with Gasteiger partial charge in [0, 0.05) is 36.9 Å². The predicted molar refractivity (Wildman–Crippen MR) is 85.2 cm³/mol. The average Bonchev–Trinajstić information content (AvgIpc) is 2.47. The van der Waals surface area contributed by atoms with E-state index in [-0.39, 0.29) is 5.78 Å². The van der Waals surface area contributed by atoms with Crippen LogP contribution in [0.2, 0.25) is 5.02 Å².